The SMILES string of the molecule is CCCC1CCC(C(=O)O)C(Cc2nccn2CC)C1. The Balaban J connectivity index is 2.09. The number of nitrogens with zero attached hydrogens (tertiary/aromatic N) is 2. The molecule has 1 fully saturated rings. The number of hydrogen-bond donors (Lipinski definition) is 1. The van der Waals surface area contributed by atoms with Crippen LogP contribution in [0.25, 0.3) is 0 Å². The fraction of sp³-hybridized carbons (Fsp3) is 0.750. The zero-order valence-corrected chi connectivity index (χ0v) is 12.6. The van der Waals surface area contributed by atoms with E-state index in [2.05, 4.69) is 23.4 Å². The Morgan fingerprint density at radius 1 is 1.45 bits per heavy atom. The maximum Gasteiger partial charge on any atom is 0.306 e. The summed E-state index contributed by atoms with van der Waals surface area (Å²) < 4.78 is 2.13. The summed E-state index contributed by atoms with van der Waals surface area (Å²) in [5.41, 5.74) is 0. The average Bonchev–Trinajstić information content (AvgIpc) is 2.86. The van der Waals surface area contributed by atoms with Crippen LogP contribution in [0, 0.1) is 17.8 Å². The van der Waals surface area contributed by atoms with Crippen molar-refractivity contribution in [1.29, 1.82) is 0 Å². The molecular formula is C16H26N2O2. The summed E-state index contributed by atoms with van der Waals surface area (Å²) >= 11 is 0. The second-order valence-corrected chi connectivity index (χ2v) is 6.01. The molecular weight excluding hydrogens is 252 g/mol. The van der Waals surface area contributed by atoms with Gasteiger partial charge in [0, 0.05) is 25.4 Å². The molecule has 1 heterocycles. The normalized spacial score (nSPS) is 26.6. The lowest BCUT2D eigenvalue weighted by molar-refractivity contribution is -0.145. The van der Waals surface area contributed by atoms with Gasteiger partial charge in [0.15, 0.2) is 0 Å². The van der Waals surface area contributed by atoms with Crippen molar-refractivity contribution in [2.45, 2.75) is 58.9 Å². The van der Waals surface area contributed by atoms with Crippen LogP contribution in [0.3, 0.4) is 0 Å². The smallest absolute Gasteiger partial charge is 0.306 e. The Morgan fingerprint density at radius 3 is 2.90 bits per heavy atom. The topological polar surface area (TPSA) is 55.1 Å². The zero-order chi connectivity index (χ0) is 14.5. The van der Waals surface area contributed by atoms with E-state index in [1.807, 2.05) is 12.4 Å². The maximum absolute atomic E-state index is 11.5. The van der Waals surface area contributed by atoms with Crippen molar-refractivity contribution < 1.29 is 9.90 Å². The molecule has 0 aromatic carbocycles. The summed E-state index contributed by atoms with van der Waals surface area (Å²) in [6, 6.07) is 0. The molecule has 4 nitrogen and oxygen atoms in total. The van der Waals surface area contributed by atoms with Gasteiger partial charge in [-0.1, -0.05) is 19.8 Å². The van der Waals surface area contributed by atoms with E-state index < -0.39 is 5.97 Å². The molecule has 20 heavy (non-hydrogen) atoms. The summed E-state index contributed by atoms with van der Waals surface area (Å²) in [4.78, 5) is 15.9. The van der Waals surface area contributed by atoms with Crippen LogP contribution in [-0.2, 0) is 17.8 Å². The third-order valence-electron chi connectivity index (χ3n) is 4.69. The van der Waals surface area contributed by atoms with Gasteiger partial charge in [-0.05, 0) is 38.0 Å². The third-order valence-corrected chi connectivity index (χ3v) is 4.69. The van der Waals surface area contributed by atoms with Crippen LogP contribution >= 0.6 is 0 Å². The van der Waals surface area contributed by atoms with Crippen molar-refractivity contribution in [2.75, 3.05) is 0 Å². The first-order valence-electron chi connectivity index (χ1n) is 7.88. The third kappa shape index (κ3) is 3.41. The summed E-state index contributed by atoms with van der Waals surface area (Å²) in [7, 11) is 0. The van der Waals surface area contributed by atoms with Crippen LogP contribution in [0.4, 0.5) is 0 Å². The van der Waals surface area contributed by atoms with Crippen LogP contribution < -0.4 is 0 Å². The van der Waals surface area contributed by atoms with E-state index in [0.29, 0.717) is 5.92 Å². The molecule has 1 N–H and O–H groups in total. The molecule has 3 atom stereocenters. The Hall–Kier alpha value is -1.32. The van der Waals surface area contributed by atoms with E-state index in [-0.39, 0.29) is 11.8 Å². The van der Waals surface area contributed by atoms with Gasteiger partial charge in [0.25, 0.3) is 0 Å². The van der Waals surface area contributed by atoms with E-state index in [0.717, 1.165) is 38.1 Å². The molecule has 0 amide bonds. The monoisotopic (exact) mass is 278 g/mol. The summed E-state index contributed by atoms with van der Waals surface area (Å²) in [6.45, 7) is 5.21. The van der Waals surface area contributed by atoms with E-state index in [4.69, 9.17) is 0 Å². The number of aromatic nitrogens is 2. The molecule has 112 valence electrons. The number of hydrogen-bond acceptors (Lipinski definition) is 2. The number of carboxylic acids is 1. The first kappa shape index (κ1) is 15.1. The van der Waals surface area contributed by atoms with Gasteiger partial charge in [-0.15, -0.1) is 0 Å². The fourth-order valence-electron chi connectivity index (χ4n) is 3.63. The quantitative estimate of drug-likeness (QED) is 0.868. The van der Waals surface area contributed by atoms with E-state index >= 15 is 0 Å². The van der Waals surface area contributed by atoms with Crippen LogP contribution in [0.2, 0.25) is 0 Å². The van der Waals surface area contributed by atoms with E-state index in [1.54, 1.807) is 0 Å². The van der Waals surface area contributed by atoms with Crippen molar-refractivity contribution in [2.24, 2.45) is 17.8 Å². The van der Waals surface area contributed by atoms with E-state index in [9.17, 15) is 9.90 Å². The minimum absolute atomic E-state index is 0.190. The largest absolute Gasteiger partial charge is 0.481 e. The Morgan fingerprint density at radius 2 is 2.25 bits per heavy atom. The molecule has 4 heteroatoms. The molecule has 1 aliphatic rings. The summed E-state index contributed by atoms with van der Waals surface area (Å²) in [5, 5.41) is 9.45. The Bertz CT molecular complexity index is 441. The minimum atomic E-state index is -0.625. The first-order valence-corrected chi connectivity index (χ1v) is 7.88. The van der Waals surface area contributed by atoms with Gasteiger partial charge in [0.1, 0.15) is 5.82 Å². The molecule has 0 radical (unpaired) electrons. The highest BCUT2D eigenvalue weighted by Crippen LogP contribution is 2.38. The molecule has 1 aromatic heterocycles. The lowest BCUT2D eigenvalue weighted by Gasteiger charge is -2.34. The number of aliphatic carboxylic acids is 1. The highest BCUT2D eigenvalue weighted by molar-refractivity contribution is 5.70. The molecule has 1 aliphatic carbocycles. The second-order valence-electron chi connectivity index (χ2n) is 6.01. The highest BCUT2D eigenvalue weighted by atomic mass is 16.4. The molecule has 3 unspecified atom stereocenters. The molecule has 1 saturated carbocycles. The zero-order valence-electron chi connectivity index (χ0n) is 12.6. The van der Waals surface area contributed by atoms with Gasteiger partial charge >= 0.3 is 5.97 Å². The second kappa shape index (κ2) is 6.91. The van der Waals surface area contributed by atoms with Crippen LogP contribution in [0.5, 0.6) is 0 Å². The fourth-order valence-corrected chi connectivity index (χ4v) is 3.63. The van der Waals surface area contributed by atoms with Crippen LogP contribution in [0.15, 0.2) is 12.4 Å². The molecule has 0 bridgehead atoms. The first-order chi connectivity index (χ1) is 9.65. The van der Waals surface area contributed by atoms with Crippen molar-refractivity contribution in [1.82, 2.24) is 9.55 Å². The van der Waals surface area contributed by atoms with Crippen molar-refractivity contribution in [3.05, 3.63) is 18.2 Å². The van der Waals surface area contributed by atoms with Crippen LogP contribution in [0.1, 0.15) is 51.8 Å². The molecule has 2 rings (SSSR count). The number of carboxylic acid groups (broad SMARTS) is 1. The van der Waals surface area contributed by atoms with Crippen molar-refractivity contribution in [3.8, 4) is 0 Å². The summed E-state index contributed by atoms with van der Waals surface area (Å²) in [6.07, 6.45) is 9.97. The Kier molecular flexibility index (Phi) is 5.21. The number of aryl methyl sites for hydroxylation is 1. The highest BCUT2D eigenvalue weighted by Gasteiger charge is 2.35. The number of carbonyl (C=O) groups is 1. The lowest BCUT2D eigenvalue weighted by Crippen LogP contribution is -2.32. The van der Waals surface area contributed by atoms with Gasteiger partial charge in [-0.3, -0.25) is 4.79 Å². The molecule has 0 spiro atoms. The van der Waals surface area contributed by atoms with E-state index in [1.165, 1.54) is 12.8 Å². The van der Waals surface area contributed by atoms with Crippen molar-refractivity contribution >= 4 is 5.97 Å². The van der Waals surface area contributed by atoms with Crippen LogP contribution in [-0.4, -0.2) is 20.6 Å². The van der Waals surface area contributed by atoms with Gasteiger partial charge in [0.05, 0.1) is 5.92 Å². The summed E-state index contributed by atoms with van der Waals surface area (Å²) in [5.74, 6) is 1.17. The number of imidazole rings is 1. The molecule has 0 saturated heterocycles. The average molecular weight is 278 g/mol. The predicted octanol–water partition coefficient (Wildman–Crippen LogP) is 3.36. The minimum Gasteiger partial charge on any atom is -0.481 e. The van der Waals surface area contributed by atoms with Crippen molar-refractivity contribution in [3.63, 3.8) is 0 Å². The molecule has 0 aliphatic heterocycles. The van der Waals surface area contributed by atoms with Gasteiger partial charge in [-0.2, -0.15) is 0 Å². The lowest BCUT2D eigenvalue weighted by atomic mass is 9.71. The van der Waals surface area contributed by atoms with Gasteiger partial charge in [0.2, 0.25) is 0 Å². The van der Waals surface area contributed by atoms with Gasteiger partial charge in [-0.25, -0.2) is 4.98 Å². The molecule has 1 aromatic rings. The van der Waals surface area contributed by atoms with Gasteiger partial charge < -0.3 is 9.67 Å². The predicted molar refractivity (Wildman–Crippen MR) is 78.5 cm³/mol. The maximum atomic E-state index is 11.5. The standard InChI is InChI=1S/C16H26N2O2/c1-3-5-12-6-7-14(16(19)20)13(10-12)11-15-17-8-9-18(15)4-2/h8-9,12-14H,3-7,10-11H2,1-2H3,(H,19,20). The number of rotatable bonds is 6. The Labute approximate surface area is 121 Å².